The van der Waals surface area contributed by atoms with Gasteiger partial charge in [0.05, 0.1) is 17.5 Å². The normalized spacial score (nSPS) is 14.5. The lowest BCUT2D eigenvalue weighted by atomic mass is 10.1. The molecule has 170 valence electrons. The van der Waals surface area contributed by atoms with E-state index in [9.17, 15) is 13.5 Å². The molecule has 1 unspecified atom stereocenters. The Morgan fingerprint density at radius 2 is 1.84 bits per heavy atom. The molecule has 0 saturated carbocycles. The molecule has 0 saturated heterocycles. The summed E-state index contributed by atoms with van der Waals surface area (Å²) in [5, 5.41) is 16.5. The highest BCUT2D eigenvalue weighted by Gasteiger charge is 2.28. The molecule has 1 aliphatic heterocycles. The van der Waals surface area contributed by atoms with Crippen molar-refractivity contribution in [2.75, 3.05) is 36.2 Å². The zero-order valence-electron chi connectivity index (χ0n) is 17.7. The molecule has 9 heteroatoms. The van der Waals surface area contributed by atoms with Crippen molar-refractivity contribution in [1.82, 2.24) is 10.6 Å². The Balaban J connectivity index is 0.00000341. The van der Waals surface area contributed by atoms with E-state index in [1.54, 1.807) is 0 Å². The highest BCUT2D eigenvalue weighted by atomic mass is 127. The van der Waals surface area contributed by atoms with Crippen LogP contribution < -0.4 is 14.9 Å². The number of aliphatic hydroxyl groups is 1. The first-order chi connectivity index (χ1) is 14.5. The van der Waals surface area contributed by atoms with E-state index in [0.29, 0.717) is 32.0 Å². The van der Waals surface area contributed by atoms with Crippen LogP contribution in [0.25, 0.3) is 0 Å². The number of para-hydroxylation sites is 1. The number of nitrogens with one attached hydrogen (secondary N) is 2. The molecule has 0 radical (unpaired) electrons. The third-order valence-corrected chi connectivity index (χ3v) is 6.80. The van der Waals surface area contributed by atoms with Crippen LogP contribution in [0.2, 0.25) is 0 Å². The Bertz CT molecular complexity index is 954. The van der Waals surface area contributed by atoms with Crippen molar-refractivity contribution in [1.29, 1.82) is 0 Å². The second kappa shape index (κ2) is 12.3. The molecule has 0 aromatic heterocycles. The summed E-state index contributed by atoms with van der Waals surface area (Å²) >= 11 is 0. The monoisotopic (exact) mass is 558 g/mol. The van der Waals surface area contributed by atoms with Gasteiger partial charge < -0.3 is 15.7 Å². The highest BCUT2D eigenvalue weighted by molar-refractivity contribution is 14.0. The van der Waals surface area contributed by atoms with Crippen LogP contribution >= 0.6 is 24.0 Å². The predicted molar refractivity (Wildman–Crippen MR) is 137 cm³/mol. The lowest BCUT2D eigenvalue weighted by Crippen LogP contribution is -2.42. The Kier molecular flexibility index (Phi) is 10.0. The Morgan fingerprint density at radius 1 is 1.13 bits per heavy atom. The second-order valence-electron chi connectivity index (χ2n) is 7.17. The minimum Gasteiger partial charge on any atom is -0.388 e. The number of aliphatic imine (C=N–C) groups is 1. The molecule has 1 aliphatic rings. The number of guanidine groups is 1. The van der Waals surface area contributed by atoms with E-state index >= 15 is 0 Å². The van der Waals surface area contributed by atoms with Crippen LogP contribution in [0, 0.1) is 0 Å². The number of halogens is 1. The van der Waals surface area contributed by atoms with Crippen molar-refractivity contribution >= 4 is 45.6 Å². The van der Waals surface area contributed by atoms with Gasteiger partial charge in [0.2, 0.25) is 10.0 Å². The molecule has 31 heavy (non-hydrogen) atoms. The second-order valence-corrected chi connectivity index (χ2v) is 9.18. The van der Waals surface area contributed by atoms with Crippen LogP contribution in [0.15, 0.2) is 59.6 Å². The fourth-order valence-corrected chi connectivity index (χ4v) is 4.92. The molecule has 0 amide bonds. The summed E-state index contributed by atoms with van der Waals surface area (Å²) in [6.45, 7) is 3.80. The summed E-state index contributed by atoms with van der Waals surface area (Å²) in [7, 11) is -3.41. The van der Waals surface area contributed by atoms with Crippen molar-refractivity contribution in [2.45, 2.75) is 25.9 Å². The summed E-state index contributed by atoms with van der Waals surface area (Å²) in [6, 6.07) is 17.1. The number of sulfonamides is 1. The van der Waals surface area contributed by atoms with E-state index in [0.717, 1.165) is 23.2 Å². The van der Waals surface area contributed by atoms with Gasteiger partial charge in [-0.2, -0.15) is 0 Å². The van der Waals surface area contributed by atoms with E-state index in [-0.39, 0.29) is 36.3 Å². The van der Waals surface area contributed by atoms with Gasteiger partial charge in [-0.05, 0) is 37.0 Å². The minimum atomic E-state index is -3.41. The lowest BCUT2D eigenvalue weighted by Gasteiger charge is -2.20. The predicted octanol–water partition coefficient (Wildman–Crippen LogP) is 2.68. The number of benzene rings is 2. The van der Waals surface area contributed by atoms with E-state index in [1.165, 1.54) is 4.31 Å². The summed E-state index contributed by atoms with van der Waals surface area (Å²) in [5.41, 5.74) is 2.72. The maximum Gasteiger partial charge on any atom is 0.236 e. The highest BCUT2D eigenvalue weighted by Crippen LogP contribution is 2.29. The van der Waals surface area contributed by atoms with Crippen molar-refractivity contribution in [3.63, 3.8) is 0 Å². The molecule has 3 rings (SSSR count). The molecular weight excluding hydrogens is 527 g/mol. The average molecular weight is 558 g/mol. The van der Waals surface area contributed by atoms with Crippen molar-refractivity contribution in [3.05, 3.63) is 65.7 Å². The van der Waals surface area contributed by atoms with E-state index < -0.39 is 16.1 Å². The lowest BCUT2D eigenvalue weighted by molar-refractivity contribution is 0.170. The first kappa shape index (κ1) is 25.4. The quantitative estimate of drug-likeness (QED) is 0.250. The molecular formula is C22H31IN4O3S. The van der Waals surface area contributed by atoms with E-state index in [4.69, 9.17) is 0 Å². The van der Waals surface area contributed by atoms with Crippen molar-refractivity contribution in [2.24, 2.45) is 4.99 Å². The number of rotatable bonds is 9. The molecule has 7 nitrogen and oxygen atoms in total. The van der Waals surface area contributed by atoms with E-state index in [1.807, 2.05) is 61.5 Å². The molecule has 2 aromatic carbocycles. The van der Waals surface area contributed by atoms with Gasteiger partial charge in [-0.25, -0.2) is 8.42 Å². The van der Waals surface area contributed by atoms with Crippen LogP contribution in [0.3, 0.4) is 0 Å². The smallest absolute Gasteiger partial charge is 0.236 e. The first-order valence-corrected chi connectivity index (χ1v) is 12.0. The zero-order valence-corrected chi connectivity index (χ0v) is 20.8. The molecule has 2 aromatic rings. The van der Waals surface area contributed by atoms with Crippen LogP contribution in [-0.4, -0.2) is 51.4 Å². The van der Waals surface area contributed by atoms with Gasteiger partial charge >= 0.3 is 0 Å². The molecule has 0 fully saturated rings. The molecule has 0 bridgehead atoms. The topological polar surface area (TPSA) is 94.0 Å². The van der Waals surface area contributed by atoms with Gasteiger partial charge in [-0.1, -0.05) is 48.5 Å². The molecule has 1 atom stereocenters. The number of aliphatic hydroxyl groups excluding tert-OH is 1. The summed E-state index contributed by atoms with van der Waals surface area (Å²) in [4.78, 5) is 4.46. The first-order valence-electron chi connectivity index (χ1n) is 10.3. The van der Waals surface area contributed by atoms with Gasteiger partial charge in [0.25, 0.3) is 0 Å². The van der Waals surface area contributed by atoms with Gasteiger partial charge in [0.1, 0.15) is 0 Å². The Hall–Kier alpha value is -1.85. The molecule has 0 aliphatic carbocycles. The van der Waals surface area contributed by atoms with Gasteiger partial charge in [0.15, 0.2) is 5.96 Å². The van der Waals surface area contributed by atoms with Gasteiger partial charge in [0, 0.05) is 26.2 Å². The number of hydrogen-bond acceptors (Lipinski definition) is 4. The SMILES string of the molecule is CCNC(=NCCC(O)c1ccccc1)NCCS(=O)(=O)N1CCc2ccccc21.I. The van der Waals surface area contributed by atoms with Crippen LogP contribution in [0.5, 0.6) is 0 Å². The maximum absolute atomic E-state index is 12.8. The number of fused-ring (bicyclic) bond motifs is 1. The standard InChI is InChI=1S/C22H30N4O3S.HI/c1-2-23-22(24-14-12-21(27)19-9-4-3-5-10-19)25-15-17-30(28,29)26-16-13-18-8-6-7-11-20(18)26;/h3-11,21,27H,2,12-17H2,1H3,(H2,23,24,25);1H. The minimum absolute atomic E-state index is 0. The Morgan fingerprint density at radius 3 is 2.58 bits per heavy atom. The fourth-order valence-electron chi connectivity index (χ4n) is 3.49. The van der Waals surface area contributed by atoms with Crippen molar-refractivity contribution < 1.29 is 13.5 Å². The number of nitrogens with zero attached hydrogens (tertiary/aromatic N) is 2. The van der Waals surface area contributed by atoms with Crippen molar-refractivity contribution in [3.8, 4) is 0 Å². The fraction of sp³-hybridized carbons (Fsp3) is 0.409. The van der Waals surface area contributed by atoms with Crippen LogP contribution in [-0.2, 0) is 16.4 Å². The zero-order chi connectivity index (χ0) is 21.4. The Labute approximate surface area is 202 Å². The number of anilines is 1. The molecule has 3 N–H and O–H groups in total. The summed E-state index contributed by atoms with van der Waals surface area (Å²) in [6.07, 6.45) is 0.661. The third kappa shape index (κ3) is 7.08. The molecule has 1 heterocycles. The van der Waals surface area contributed by atoms with Crippen LogP contribution in [0.1, 0.15) is 30.6 Å². The molecule has 0 spiro atoms. The third-order valence-electron chi connectivity index (χ3n) is 5.03. The van der Waals surface area contributed by atoms with Gasteiger partial charge in [-0.15, -0.1) is 24.0 Å². The van der Waals surface area contributed by atoms with E-state index in [2.05, 4.69) is 15.6 Å². The van der Waals surface area contributed by atoms with Gasteiger partial charge in [-0.3, -0.25) is 9.30 Å². The summed E-state index contributed by atoms with van der Waals surface area (Å²) < 4.78 is 27.1. The largest absolute Gasteiger partial charge is 0.388 e. The van der Waals surface area contributed by atoms with Crippen LogP contribution in [0.4, 0.5) is 5.69 Å². The maximum atomic E-state index is 12.8. The number of hydrogen-bond donors (Lipinski definition) is 3. The average Bonchev–Trinajstić information content (AvgIpc) is 3.19. The summed E-state index contributed by atoms with van der Waals surface area (Å²) in [5.74, 6) is 0.535.